The van der Waals surface area contributed by atoms with Crippen molar-refractivity contribution in [3.05, 3.63) is 21.0 Å². The molecule has 3 unspecified atom stereocenters. The number of nitroso groups, excluding NO2 is 1. The lowest BCUT2D eigenvalue weighted by atomic mass is 9.94. The molecule has 5 N–H and O–H groups in total. The topological polar surface area (TPSA) is 193 Å². The fourth-order valence-corrected chi connectivity index (χ4v) is 4.42. The number of ketones is 1. The Balaban J connectivity index is 1.89. The van der Waals surface area contributed by atoms with Crippen LogP contribution in [0.5, 0.6) is 0 Å². The number of primary amides is 1. The first-order chi connectivity index (χ1) is 18.2. The second kappa shape index (κ2) is 14.2. The summed E-state index contributed by atoms with van der Waals surface area (Å²) in [6.45, 7) is 9.11. The molecule has 4 amide bonds. The third-order valence-electron chi connectivity index (χ3n) is 6.11. The molecule has 2 rings (SSSR count). The van der Waals surface area contributed by atoms with E-state index < -0.39 is 47.9 Å². The molecule has 1 aromatic rings. The molecule has 0 aromatic carbocycles. The highest BCUT2D eigenvalue weighted by Gasteiger charge is 2.49. The molecule has 1 aromatic heterocycles. The summed E-state index contributed by atoms with van der Waals surface area (Å²) in [7, 11) is 0. The summed E-state index contributed by atoms with van der Waals surface area (Å²) in [5.74, 6) is -2.30. The number of aromatic nitrogens is 1. The van der Waals surface area contributed by atoms with E-state index in [0.29, 0.717) is 23.7 Å². The Morgan fingerprint density at radius 2 is 1.79 bits per heavy atom. The van der Waals surface area contributed by atoms with Crippen LogP contribution in [0.25, 0.3) is 0 Å². The predicted molar refractivity (Wildman–Crippen MR) is 143 cm³/mol. The van der Waals surface area contributed by atoms with Crippen molar-refractivity contribution in [3.8, 4) is 0 Å². The highest BCUT2D eigenvalue weighted by molar-refractivity contribution is 7.15. The number of carbonyl (C=O) groups excluding carboxylic acids is 5. The molecule has 1 aliphatic rings. The van der Waals surface area contributed by atoms with Crippen molar-refractivity contribution in [3.63, 3.8) is 0 Å². The Labute approximate surface area is 231 Å². The average Bonchev–Trinajstić information content (AvgIpc) is 3.41. The van der Waals surface area contributed by atoms with Crippen LogP contribution in [0.2, 0.25) is 0 Å². The summed E-state index contributed by atoms with van der Waals surface area (Å²) >= 11 is 0.832. The number of hydrogen-bond acceptors (Lipinski definition) is 9. The Bertz CT molecular complexity index is 1080. The molecule has 1 saturated heterocycles. The van der Waals surface area contributed by atoms with Crippen LogP contribution >= 0.6 is 11.3 Å². The number of thiazole rings is 1. The molecular formula is C25H39N6O7S+. The van der Waals surface area contributed by atoms with E-state index >= 15 is 0 Å². The molecule has 216 valence electrons. The summed E-state index contributed by atoms with van der Waals surface area (Å²) in [6, 6.07) is -1.82. The molecule has 0 bridgehead atoms. The van der Waals surface area contributed by atoms with Gasteiger partial charge in [-0.05, 0) is 31.6 Å². The van der Waals surface area contributed by atoms with Gasteiger partial charge in [-0.15, -0.1) is 11.3 Å². The number of ether oxygens (including phenoxy) is 1. The fraction of sp³-hybridized carbons (Fsp3) is 0.680. The summed E-state index contributed by atoms with van der Waals surface area (Å²) in [5.41, 5.74) is 4.25. The first-order valence-electron chi connectivity index (χ1n) is 13.0. The van der Waals surface area contributed by atoms with Gasteiger partial charge in [0.2, 0.25) is 12.5 Å². The molecule has 39 heavy (non-hydrogen) atoms. The monoisotopic (exact) mass is 567 g/mol. The lowest BCUT2D eigenvalue weighted by Gasteiger charge is -2.21. The van der Waals surface area contributed by atoms with E-state index in [9.17, 15) is 28.9 Å². The van der Waals surface area contributed by atoms with E-state index in [2.05, 4.69) is 20.9 Å². The molecule has 14 heteroatoms. The van der Waals surface area contributed by atoms with Crippen LogP contribution in [0.1, 0.15) is 73.4 Å². The number of hydrogen-bond donors (Lipinski definition) is 4. The Hall–Kier alpha value is -3.26. The number of nitrogens with two attached hydrogens (primary N) is 1. The highest BCUT2D eigenvalue weighted by Crippen LogP contribution is 2.29. The first kappa shape index (κ1) is 32.0. The number of nitrogens with one attached hydrogen (secondary N) is 3. The third kappa shape index (κ3) is 10.1. The van der Waals surface area contributed by atoms with E-state index in [1.54, 1.807) is 6.92 Å². The number of Topliss-reactive ketones (excluding diaryl/α,β-unsaturated/α-hetero) is 1. The van der Waals surface area contributed by atoms with E-state index in [-0.39, 0.29) is 41.1 Å². The number of epoxide rings is 1. The zero-order valence-electron chi connectivity index (χ0n) is 23.1. The van der Waals surface area contributed by atoms with Crippen molar-refractivity contribution in [2.45, 2.75) is 71.6 Å². The van der Waals surface area contributed by atoms with E-state index in [4.69, 9.17) is 10.5 Å². The minimum absolute atomic E-state index is 0.00218. The van der Waals surface area contributed by atoms with Crippen molar-refractivity contribution in [1.82, 2.24) is 20.9 Å². The molecule has 13 nitrogen and oxygen atoms in total. The van der Waals surface area contributed by atoms with Crippen LogP contribution < -0.4 is 21.7 Å². The number of nitrogens with zero attached hydrogens (tertiary/aromatic N) is 2. The van der Waals surface area contributed by atoms with Gasteiger partial charge in [-0.1, -0.05) is 27.7 Å². The van der Waals surface area contributed by atoms with Crippen molar-refractivity contribution >= 4 is 40.7 Å². The fourth-order valence-electron chi connectivity index (χ4n) is 3.74. The van der Waals surface area contributed by atoms with Crippen molar-refractivity contribution in [1.29, 1.82) is 0 Å². The van der Waals surface area contributed by atoms with Gasteiger partial charge in [0.1, 0.15) is 10.5 Å². The predicted octanol–water partition coefficient (Wildman–Crippen LogP) is 0.561. The van der Waals surface area contributed by atoms with Crippen LogP contribution in [0.15, 0.2) is 6.20 Å². The van der Waals surface area contributed by atoms with E-state index in [1.807, 2.05) is 27.7 Å². The van der Waals surface area contributed by atoms with E-state index in [1.165, 1.54) is 6.20 Å². The minimum atomic E-state index is -1.09. The van der Waals surface area contributed by atoms with Crippen molar-refractivity contribution in [2.75, 3.05) is 26.2 Å². The first-order valence-corrected chi connectivity index (χ1v) is 13.8. The Morgan fingerprint density at radius 3 is 2.33 bits per heavy atom. The summed E-state index contributed by atoms with van der Waals surface area (Å²) < 4.78 is 5.81. The lowest BCUT2D eigenvalue weighted by molar-refractivity contribution is -0.572. The molecule has 3 atom stereocenters. The van der Waals surface area contributed by atoms with Gasteiger partial charge >= 0.3 is 0 Å². The molecule has 1 fully saturated rings. The third-order valence-corrected chi connectivity index (χ3v) is 7.12. The molecule has 0 spiro atoms. The second-order valence-electron chi connectivity index (χ2n) is 10.6. The second-order valence-corrected chi connectivity index (χ2v) is 11.7. The zero-order valence-corrected chi connectivity index (χ0v) is 23.9. The van der Waals surface area contributed by atoms with Gasteiger partial charge in [0.05, 0.1) is 31.9 Å². The number of carbonyl (C=O) groups is 5. The molecule has 2 heterocycles. The maximum Gasteiger partial charge on any atom is 0.293 e. The molecule has 1 aliphatic heterocycles. The zero-order chi connectivity index (χ0) is 29.3. The van der Waals surface area contributed by atoms with Gasteiger partial charge < -0.3 is 26.4 Å². The normalized spacial score (nSPS) is 17.8. The summed E-state index contributed by atoms with van der Waals surface area (Å²) in [5, 5.41) is 7.74. The van der Waals surface area contributed by atoms with Crippen molar-refractivity contribution < 1.29 is 33.5 Å². The van der Waals surface area contributed by atoms with Gasteiger partial charge in [-0.3, -0.25) is 24.0 Å². The molecular weight excluding hydrogens is 528 g/mol. The molecule has 0 aliphatic carbocycles. The van der Waals surface area contributed by atoms with Crippen LogP contribution in [-0.2, 0) is 19.1 Å². The van der Waals surface area contributed by atoms with Crippen molar-refractivity contribution in [2.24, 2.45) is 17.6 Å². The van der Waals surface area contributed by atoms with Crippen LogP contribution in [-0.4, -0.2) is 83.1 Å². The van der Waals surface area contributed by atoms with Crippen LogP contribution in [0.4, 0.5) is 0 Å². The highest BCUT2D eigenvalue weighted by atomic mass is 32.1. The molecule has 0 radical (unpaired) electrons. The van der Waals surface area contributed by atoms with Crippen LogP contribution in [0, 0.1) is 16.7 Å². The standard InChI is InChI=1S/C25H38N6O7S/c1-14(2)6-7-16(20(33)25(5)13-38-25)30-19(32)12-28-22(35)17(10-15(3)4)31(37)9-8-27-23(36)18-11-29-24(39-18)21(26)34/h11,14-17H,6-10,12-13H2,1-5H3,(H4-,26,27,28,30,32,34,35,36)/p+1. The number of amides is 4. The smallest absolute Gasteiger partial charge is 0.293 e. The molecule has 0 saturated carbocycles. The maximum absolute atomic E-state index is 12.9. The van der Waals surface area contributed by atoms with Gasteiger partial charge in [-0.25, -0.2) is 4.98 Å². The number of rotatable bonds is 17. The van der Waals surface area contributed by atoms with E-state index in [0.717, 1.165) is 17.8 Å². The van der Waals surface area contributed by atoms with Gasteiger partial charge in [0.25, 0.3) is 23.8 Å². The SMILES string of the molecule is CC(C)CCC(NC(=O)CNC(=O)C(CC(C)C)[N+](=O)CCNC(=O)c1cnc(C(N)=O)s1)C(=O)C1(C)CO1. The quantitative estimate of drug-likeness (QED) is 0.155. The minimum Gasteiger partial charge on any atom is -0.364 e. The van der Waals surface area contributed by atoms with Gasteiger partial charge in [0.15, 0.2) is 10.8 Å². The largest absolute Gasteiger partial charge is 0.364 e. The Morgan fingerprint density at radius 1 is 1.13 bits per heavy atom. The Kier molecular flexibility index (Phi) is 11.6. The van der Waals surface area contributed by atoms with Gasteiger partial charge in [-0.2, -0.15) is 0 Å². The lowest BCUT2D eigenvalue weighted by Crippen LogP contribution is -2.51. The summed E-state index contributed by atoms with van der Waals surface area (Å²) in [4.78, 5) is 78.3. The van der Waals surface area contributed by atoms with Crippen LogP contribution in [0.3, 0.4) is 0 Å². The maximum atomic E-state index is 12.9. The summed E-state index contributed by atoms with van der Waals surface area (Å²) in [6.07, 6.45) is 2.63. The average molecular weight is 568 g/mol. The van der Waals surface area contributed by atoms with Gasteiger partial charge in [0, 0.05) is 16.1 Å².